The first kappa shape index (κ1) is 27.9. The fourth-order valence-electron chi connectivity index (χ4n) is 5.04. The summed E-state index contributed by atoms with van der Waals surface area (Å²) in [4.78, 5) is 14.9. The molecule has 0 spiro atoms. The van der Waals surface area contributed by atoms with Crippen LogP contribution in [0.2, 0.25) is 0 Å². The summed E-state index contributed by atoms with van der Waals surface area (Å²) < 4.78 is 23.4. The van der Waals surface area contributed by atoms with Crippen LogP contribution in [0.25, 0.3) is 0 Å². The number of nitrogens with one attached hydrogen (secondary N) is 1. The van der Waals surface area contributed by atoms with Crippen LogP contribution in [0.4, 0.5) is 11.4 Å². The first-order valence-corrected chi connectivity index (χ1v) is 15.4. The lowest BCUT2D eigenvalue weighted by atomic mass is 9.79. The van der Waals surface area contributed by atoms with Crippen LogP contribution in [-0.2, 0) is 11.3 Å². The van der Waals surface area contributed by atoms with Gasteiger partial charge in [-0.05, 0) is 48.9 Å². The van der Waals surface area contributed by atoms with Crippen molar-refractivity contribution in [3.8, 4) is 0 Å². The molecule has 0 bridgehead atoms. The highest BCUT2D eigenvalue weighted by Gasteiger charge is 2.42. The summed E-state index contributed by atoms with van der Waals surface area (Å²) in [6, 6.07) is 14.2. The Labute approximate surface area is 215 Å². The van der Waals surface area contributed by atoms with Gasteiger partial charge in [0.15, 0.2) is 0 Å². The van der Waals surface area contributed by atoms with Crippen LogP contribution in [0.15, 0.2) is 52.3 Å². The molecule has 0 aliphatic carbocycles. The highest BCUT2D eigenvalue weighted by atomic mass is 32.3. The largest absolute Gasteiger partial charge is 0.480 e. The van der Waals surface area contributed by atoms with Gasteiger partial charge >= 0.3 is 5.97 Å². The van der Waals surface area contributed by atoms with Gasteiger partial charge in [-0.25, -0.2) is 0 Å². The molecule has 4 N–H and O–H groups in total. The summed E-state index contributed by atoms with van der Waals surface area (Å²) in [6.45, 7) is 5.33. The maximum atomic E-state index is 11.7. The predicted molar refractivity (Wildman–Crippen MR) is 148 cm³/mol. The molecule has 0 radical (unpaired) electrons. The van der Waals surface area contributed by atoms with Gasteiger partial charge in [-0.3, -0.25) is 13.9 Å². The van der Waals surface area contributed by atoms with E-state index < -0.39 is 16.6 Å². The van der Waals surface area contributed by atoms with E-state index in [0.29, 0.717) is 17.2 Å². The molecule has 3 rings (SSSR count). The number of unbranched alkanes of at least 4 members (excludes halogenated alkanes) is 2. The number of anilines is 2. The third-order valence-electron chi connectivity index (χ3n) is 6.79. The number of aliphatic carboxylic acids is 1. The molecule has 194 valence electrons. The average molecular weight is 521 g/mol. The number of fused-ring (bicyclic) bond motifs is 1. The number of nitrogens with zero attached hydrogens (tertiary/aromatic N) is 1. The Morgan fingerprint density at radius 3 is 2.34 bits per heavy atom. The highest BCUT2D eigenvalue weighted by Crippen LogP contribution is 2.61. The van der Waals surface area contributed by atoms with E-state index in [0.717, 1.165) is 66.9 Å². The standard InChI is InChI=1S/C27H40N2O4S2/c1-4-6-13-27(14-7-5-2)19-29(22-11-9-8-10-12-22)23-16-24(34-3)21(17-28-18-26(30)31)15-25(23)35(32,33)20-27/h8-12,15-16,28,32-33H,4-7,13-14,17-20H2,1-3H3,(H,30,31). The molecule has 1 heterocycles. The van der Waals surface area contributed by atoms with Gasteiger partial charge in [-0.1, -0.05) is 57.7 Å². The molecule has 0 saturated heterocycles. The minimum atomic E-state index is -3.07. The van der Waals surface area contributed by atoms with E-state index >= 15 is 0 Å². The third kappa shape index (κ3) is 6.95. The van der Waals surface area contributed by atoms with Gasteiger partial charge in [0.1, 0.15) is 0 Å². The number of para-hydroxylation sites is 1. The zero-order chi connectivity index (χ0) is 25.5. The van der Waals surface area contributed by atoms with Gasteiger partial charge in [-0.2, -0.15) is 10.6 Å². The second-order valence-electron chi connectivity index (χ2n) is 9.57. The van der Waals surface area contributed by atoms with Crippen LogP contribution in [-0.4, -0.2) is 45.3 Å². The Morgan fingerprint density at radius 1 is 1.11 bits per heavy atom. The van der Waals surface area contributed by atoms with Crippen LogP contribution < -0.4 is 10.2 Å². The van der Waals surface area contributed by atoms with Crippen molar-refractivity contribution in [2.75, 3.05) is 30.0 Å². The summed E-state index contributed by atoms with van der Waals surface area (Å²) in [5.41, 5.74) is 2.57. The van der Waals surface area contributed by atoms with Gasteiger partial charge in [-0.15, -0.1) is 11.8 Å². The van der Waals surface area contributed by atoms with E-state index in [9.17, 15) is 13.9 Å². The van der Waals surface area contributed by atoms with Gasteiger partial charge < -0.3 is 15.3 Å². The van der Waals surface area contributed by atoms with E-state index in [-0.39, 0.29) is 12.0 Å². The number of hydrogen-bond acceptors (Lipinski definition) is 6. The minimum Gasteiger partial charge on any atom is -0.480 e. The number of carboxylic acid groups (broad SMARTS) is 1. The summed E-state index contributed by atoms with van der Waals surface area (Å²) in [7, 11) is -3.07. The van der Waals surface area contributed by atoms with E-state index in [1.807, 2.05) is 30.5 Å². The summed E-state index contributed by atoms with van der Waals surface area (Å²) in [6.07, 6.45) is 8.16. The van der Waals surface area contributed by atoms with Crippen molar-refractivity contribution in [1.29, 1.82) is 0 Å². The van der Waals surface area contributed by atoms with Crippen LogP contribution >= 0.6 is 22.4 Å². The molecule has 2 aromatic rings. The summed E-state index contributed by atoms with van der Waals surface area (Å²) in [5.74, 6) is -0.557. The maximum absolute atomic E-state index is 11.7. The summed E-state index contributed by atoms with van der Waals surface area (Å²) in [5, 5.41) is 12.0. The molecule has 1 aliphatic heterocycles. The monoisotopic (exact) mass is 520 g/mol. The van der Waals surface area contributed by atoms with Gasteiger partial charge in [0.05, 0.1) is 17.1 Å². The Hall–Kier alpha value is -1.71. The topological polar surface area (TPSA) is 93.0 Å². The van der Waals surface area contributed by atoms with E-state index in [2.05, 4.69) is 42.3 Å². The fraction of sp³-hybridized carbons (Fsp3) is 0.519. The molecular formula is C27H40N2O4S2. The minimum absolute atomic E-state index is 0.144. The van der Waals surface area contributed by atoms with Crippen molar-refractivity contribution in [3.63, 3.8) is 0 Å². The second kappa shape index (κ2) is 12.5. The molecule has 0 aromatic heterocycles. The molecule has 8 heteroatoms. The number of carbonyl (C=O) groups is 1. The highest BCUT2D eigenvalue weighted by molar-refractivity contribution is 8.24. The first-order valence-electron chi connectivity index (χ1n) is 12.5. The predicted octanol–water partition coefficient (Wildman–Crippen LogP) is 7.21. The molecule has 2 aromatic carbocycles. The van der Waals surface area contributed by atoms with Gasteiger partial charge in [0.25, 0.3) is 0 Å². The molecular weight excluding hydrogens is 480 g/mol. The van der Waals surface area contributed by atoms with Crippen LogP contribution in [0.3, 0.4) is 0 Å². The molecule has 0 atom stereocenters. The Bertz CT molecular complexity index is 977. The number of hydrogen-bond donors (Lipinski definition) is 4. The number of rotatable bonds is 12. The maximum Gasteiger partial charge on any atom is 0.317 e. The lowest BCUT2D eigenvalue weighted by molar-refractivity contribution is -0.136. The molecule has 35 heavy (non-hydrogen) atoms. The lowest BCUT2D eigenvalue weighted by Crippen LogP contribution is -2.37. The normalized spacial score (nSPS) is 17.5. The zero-order valence-electron chi connectivity index (χ0n) is 21.1. The Kier molecular flexibility index (Phi) is 9.95. The smallest absolute Gasteiger partial charge is 0.317 e. The SMILES string of the molecule is CCCCC1(CCCC)CN(c2ccccc2)c2cc(SC)c(CNCC(=O)O)cc2S(O)(O)C1. The number of thioether (sulfide) groups is 1. The fourth-order valence-corrected chi connectivity index (χ4v) is 7.88. The molecule has 6 nitrogen and oxygen atoms in total. The molecule has 1 aliphatic rings. The number of carboxylic acids is 1. The second-order valence-corrected chi connectivity index (χ2v) is 12.5. The Morgan fingerprint density at radius 2 is 1.77 bits per heavy atom. The average Bonchev–Trinajstić information content (AvgIpc) is 2.93. The zero-order valence-corrected chi connectivity index (χ0v) is 22.8. The van der Waals surface area contributed by atoms with Crippen molar-refractivity contribution >= 4 is 39.7 Å². The quantitative estimate of drug-likeness (QED) is 0.220. The van der Waals surface area contributed by atoms with Crippen molar-refractivity contribution in [2.45, 2.75) is 68.7 Å². The molecule has 0 saturated carbocycles. The summed E-state index contributed by atoms with van der Waals surface area (Å²) >= 11 is 1.59. The third-order valence-corrected chi connectivity index (χ3v) is 9.65. The van der Waals surface area contributed by atoms with Crippen molar-refractivity contribution in [2.24, 2.45) is 5.41 Å². The number of benzene rings is 2. The van der Waals surface area contributed by atoms with Gasteiger partial charge in [0, 0.05) is 34.8 Å². The molecule has 0 fully saturated rings. The van der Waals surface area contributed by atoms with Crippen LogP contribution in [0.5, 0.6) is 0 Å². The van der Waals surface area contributed by atoms with E-state index in [1.165, 1.54) is 0 Å². The van der Waals surface area contributed by atoms with Crippen molar-refractivity contribution in [3.05, 3.63) is 48.0 Å². The van der Waals surface area contributed by atoms with Crippen LogP contribution in [0, 0.1) is 5.41 Å². The van der Waals surface area contributed by atoms with Crippen molar-refractivity contribution in [1.82, 2.24) is 5.32 Å². The van der Waals surface area contributed by atoms with Crippen LogP contribution in [0.1, 0.15) is 57.9 Å². The van der Waals surface area contributed by atoms with Gasteiger partial charge in [0.2, 0.25) is 0 Å². The lowest BCUT2D eigenvalue weighted by Gasteiger charge is -2.42. The Balaban J connectivity index is 2.16. The van der Waals surface area contributed by atoms with E-state index in [1.54, 1.807) is 11.8 Å². The van der Waals surface area contributed by atoms with Crippen molar-refractivity contribution < 1.29 is 19.0 Å². The molecule has 0 amide bonds. The molecule has 0 unspecified atom stereocenters. The first-order chi connectivity index (χ1) is 16.7. The van der Waals surface area contributed by atoms with E-state index in [4.69, 9.17) is 5.11 Å².